The van der Waals surface area contributed by atoms with E-state index in [4.69, 9.17) is 4.74 Å². The van der Waals surface area contributed by atoms with Crippen molar-refractivity contribution in [3.63, 3.8) is 0 Å². The maximum absolute atomic E-state index is 14.9. The predicted molar refractivity (Wildman–Crippen MR) is 173 cm³/mol. The predicted octanol–water partition coefficient (Wildman–Crippen LogP) is 5.59. The molecule has 3 fully saturated rings. The summed E-state index contributed by atoms with van der Waals surface area (Å²) in [5, 5.41) is 10.5. The Balaban J connectivity index is 1.79. The summed E-state index contributed by atoms with van der Waals surface area (Å²) in [7, 11) is 0. The molecule has 8 atom stereocenters. The van der Waals surface area contributed by atoms with Crippen LogP contribution in [0.15, 0.2) is 43.5 Å². The number of halogens is 1. The average molecular weight is 662 g/mol. The number of anilines is 1. The maximum Gasteiger partial charge on any atom is 0.310 e. The molecule has 1 aromatic rings. The third-order valence-electron chi connectivity index (χ3n) is 9.36. The lowest BCUT2D eigenvalue weighted by Gasteiger charge is -2.41. The number of hydrogen-bond acceptors (Lipinski definition) is 6. The van der Waals surface area contributed by atoms with Gasteiger partial charge in [0.2, 0.25) is 5.91 Å². The van der Waals surface area contributed by atoms with E-state index >= 15 is 0 Å². The molecule has 4 rings (SSSR count). The molecule has 3 unspecified atom stereocenters. The quantitative estimate of drug-likeness (QED) is 0.121. The molecule has 1 spiro atoms. The van der Waals surface area contributed by atoms with Gasteiger partial charge in [0.15, 0.2) is 0 Å². The van der Waals surface area contributed by atoms with Gasteiger partial charge >= 0.3 is 5.97 Å². The van der Waals surface area contributed by atoms with Gasteiger partial charge in [-0.1, -0.05) is 60.5 Å². The minimum Gasteiger partial charge on any atom is -0.465 e. The zero-order valence-electron chi connectivity index (χ0n) is 25.3. The Morgan fingerprint density at radius 3 is 2.67 bits per heavy atom. The minimum absolute atomic E-state index is 0.0461. The summed E-state index contributed by atoms with van der Waals surface area (Å²) in [4.78, 5) is 46.5. The summed E-state index contributed by atoms with van der Waals surface area (Å²) in [6, 6.07) is 4.60. The number of unbranched alkanes of at least 4 members (excludes halogenated alkanes) is 2. The number of esters is 1. The first-order chi connectivity index (χ1) is 20.1. The number of carbonyl (C=O) groups is 3. The number of alkyl halides is 1. The van der Waals surface area contributed by atoms with Crippen molar-refractivity contribution in [3.05, 3.63) is 54.6 Å². The number of aliphatic hydroxyl groups is 1. The van der Waals surface area contributed by atoms with Crippen molar-refractivity contribution in [2.45, 2.75) is 86.7 Å². The largest absolute Gasteiger partial charge is 0.465 e. The molecule has 3 heterocycles. The molecule has 0 aliphatic carbocycles. The van der Waals surface area contributed by atoms with Crippen molar-refractivity contribution >= 4 is 51.2 Å². The van der Waals surface area contributed by atoms with E-state index in [1.165, 1.54) is 0 Å². The van der Waals surface area contributed by atoms with Crippen molar-refractivity contribution < 1.29 is 24.2 Å². The van der Waals surface area contributed by atoms with Gasteiger partial charge in [0.25, 0.3) is 5.91 Å². The summed E-state index contributed by atoms with van der Waals surface area (Å²) in [5.41, 5.74) is 2.74. The van der Waals surface area contributed by atoms with Crippen LogP contribution in [0.5, 0.6) is 0 Å². The van der Waals surface area contributed by atoms with Crippen molar-refractivity contribution in [2.75, 3.05) is 24.7 Å². The van der Waals surface area contributed by atoms with E-state index < -0.39 is 28.7 Å². The van der Waals surface area contributed by atoms with Crippen molar-refractivity contribution in [1.82, 2.24) is 4.90 Å². The molecule has 2 bridgehead atoms. The highest BCUT2D eigenvalue weighted by molar-refractivity contribution is 9.09. The lowest BCUT2D eigenvalue weighted by atomic mass is 9.71. The van der Waals surface area contributed by atoms with E-state index in [-0.39, 0.29) is 46.9 Å². The Bertz CT molecular complexity index is 1210. The van der Waals surface area contributed by atoms with Crippen LogP contribution in [0.2, 0.25) is 0 Å². The number of aryl methyl sites for hydroxylation is 2. The number of rotatable bonds is 14. The lowest BCUT2D eigenvalue weighted by molar-refractivity contribution is -0.154. The smallest absolute Gasteiger partial charge is 0.310 e. The van der Waals surface area contributed by atoms with Crippen molar-refractivity contribution in [3.8, 4) is 0 Å². The van der Waals surface area contributed by atoms with E-state index in [1.807, 2.05) is 52.0 Å². The number of carbonyl (C=O) groups excluding carboxylic acids is 3. The molecule has 2 amide bonds. The number of nitrogens with zero attached hydrogens (tertiary/aromatic N) is 2. The van der Waals surface area contributed by atoms with E-state index in [9.17, 15) is 19.5 Å². The van der Waals surface area contributed by atoms with Gasteiger partial charge in [0.1, 0.15) is 6.04 Å². The molecule has 0 saturated carbocycles. The molecule has 3 aliphatic rings. The molecule has 230 valence electrons. The van der Waals surface area contributed by atoms with Crippen LogP contribution < -0.4 is 4.90 Å². The number of hydrogen-bond donors (Lipinski definition) is 1. The van der Waals surface area contributed by atoms with E-state index in [1.54, 1.807) is 27.6 Å². The van der Waals surface area contributed by atoms with Crippen molar-refractivity contribution in [2.24, 2.45) is 17.8 Å². The van der Waals surface area contributed by atoms with Crippen LogP contribution in [0.3, 0.4) is 0 Å². The first-order valence-corrected chi connectivity index (χ1v) is 16.9. The molecule has 42 heavy (non-hydrogen) atoms. The van der Waals surface area contributed by atoms with Gasteiger partial charge in [-0.3, -0.25) is 14.4 Å². The van der Waals surface area contributed by atoms with E-state index in [0.29, 0.717) is 13.0 Å². The standard InChI is InChI=1S/C33H45BrN2O5S/c1-7-10-11-12-16-41-32(40)26-27-30(38)36(25(19-37)21(5)9-3)29(33(27)18-23(34)28(26)42-33)31(39)35(15-8-2)24-17-20(4)13-14-22(24)6/h7-8,13-14,17,21,23,25-29,37H,1-2,9-12,15-16,18-19H2,3-6H3/t21-,23?,25-,26+,27-,28+,29?,33?/m0/s1. The van der Waals surface area contributed by atoms with Gasteiger partial charge < -0.3 is 19.6 Å². The number of amides is 2. The first kappa shape index (κ1) is 32.8. The lowest BCUT2D eigenvalue weighted by Crippen LogP contribution is -2.59. The third kappa shape index (κ3) is 5.73. The third-order valence-corrected chi connectivity index (χ3v) is 12.6. The van der Waals surface area contributed by atoms with Crippen LogP contribution in [0.4, 0.5) is 5.69 Å². The second-order valence-corrected chi connectivity index (χ2v) is 14.7. The number of benzene rings is 1. The molecule has 1 aromatic carbocycles. The molecular formula is C33H45BrN2O5S. The SMILES string of the molecule is C=CCCCCOC(=O)[C@H]1[C@@H]2SC3(CC2Br)C(C(=O)N(CC=C)c2cc(C)ccc2C)N([C@@H](CO)[C@@H](C)CC)C(=O)[C@H]13. The number of fused-ring (bicyclic) bond motifs is 1. The van der Waals surface area contributed by atoms with Gasteiger partial charge in [-0.05, 0) is 62.6 Å². The summed E-state index contributed by atoms with van der Waals surface area (Å²) < 4.78 is 4.94. The summed E-state index contributed by atoms with van der Waals surface area (Å²) in [5.74, 6) is -2.20. The average Bonchev–Trinajstić information content (AvgIpc) is 3.56. The first-order valence-electron chi connectivity index (χ1n) is 15.1. The monoisotopic (exact) mass is 660 g/mol. The van der Waals surface area contributed by atoms with Gasteiger partial charge in [0.05, 0.1) is 35.8 Å². The molecule has 3 aliphatic heterocycles. The molecule has 0 aromatic heterocycles. The van der Waals surface area contributed by atoms with E-state index in [0.717, 1.165) is 42.5 Å². The Hall–Kier alpha value is -2.10. The number of aliphatic hydroxyl groups excluding tert-OH is 1. The number of ether oxygens (including phenoxy) is 1. The second-order valence-electron chi connectivity index (χ2n) is 12.0. The van der Waals surface area contributed by atoms with Gasteiger partial charge in [0, 0.05) is 22.3 Å². The summed E-state index contributed by atoms with van der Waals surface area (Å²) in [6.45, 7) is 16.0. The van der Waals surface area contributed by atoms with Crippen LogP contribution in [-0.4, -0.2) is 74.5 Å². The Kier molecular flexibility index (Phi) is 10.7. The van der Waals surface area contributed by atoms with E-state index in [2.05, 4.69) is 29.1 Å². The van der Waals surface area contributed by atoms with Gasteiger partial charge in [-0.2, -0.15) is 0 Å². The number of likely N-dealkylation sites (tertiary alicyclic amines) is 1. The molecule has 7 nitrogen and oxygen atoms in total. The molecule has 1 N–H and O–H groups in total. The molecule has 3 saturated heterocycles. The zero-order chi connectivity index (χ0) is 30.8. The fourth-order valence-corrected chi connectivity index (χ4v) is 10.6. The van der Waals surface area contributed by atoms with Crippen LogP contribution in [0.25, 0.3) is 0 Å². The Morgan fingerprint density at radius 2 is 2.02 bits per heavy atom. The highest BCUT2D eigenvalue weighted by atomic mass is 79.9. The van der Waals surface area contributed by atoms with Crippen LogP contribution in [0, 0.1) is 31.6 Å². The fraction of sp³-hybridized carbons (Fsp3) is 0.606. The molecule has 0 radical (unpaired) electrons. The summed E-state index contributed by atoms with van der Waals surface area (Å²) in [6.07, 6.45) is 7.31. The molecular weight excluding hydrogens is 616 g/mol. The topological polar surface area (TPSA) is 87.2 Å². The highest BCUT2D eigenvalue weighted by Crippen LogP contribution is 2.68. The number of allylic oxidation sites excluding steroid dienone is 1. The molecule has 9 heteroatoms. The van der Waals surface area contributed by atoms with Gasteiger partial charge in [-0.25, -0.2) is 0 Å². The summed E-state index contributed by atoms with van der Waals surface area (Å²) >= 11 is 5.42. The van der Waals surface area contributed by atoms with Crippen LogP contribution >= 0.6 is 27.7 Å². The second kappa shape index (κ2) is 13.7. The zero-order valence-corrected chi connectivity index (χ0v) is 27.7. The maximum atomic E-state index is 14.9. The fourth-order valence-electron chi connectivity index (χ4n) is 7.04. The number of thioether (sulfide) groups is 1. The minimum atomic E-state index is -0.846. The highest BCUT2D eigenvalue weighted by Gasteiger charge is 2.77. The Labute approximate surface area is 263 Å². The van der Waals surface area contributed by atoms with Crippen LogP contribution in [-0.2, 0) is 19.1 Å². The van der Waals surface area contributed by atoms with Crippen LogP contribution in [0.1, 0.15) is 57.1 Å². The normalized spacial score (nSPS) is 29.2. The van der Waals surface area contributed by atoms with Crippen molar-refractivity contribution in [1.29, 1.82) is 0 Å². The van der Waals surface area contributed by atoms with Gasteiger partial charge in [-0.15, -0.1) is 24.9 Å². The Morgan fingerprint density at radius 1 is 1.29 bits per heavy atom.